The summed E-state index contributed by atoms with van der Waals surface area (Å²) < 4.78 is 36.4. The first-order chi connectivity index (χ1) is 16.7. The van der Waals surface area contributed by atoms with Gasteiger partial charge in [-0.3, -0.25) is 4.79 Å². The molecule has 5 rings (SSSR count). The fraction of sp³-hybridized carbons (Fsp3) is 0.348. The van der Waals surface area contributed by atoms with Crippen LogP contribution in [0, 0.1) is 13.8 Å². The quantitative estimate of drug-likeness (QED) is 0.408. The molecule has 1 aliphatic rings. The topological polar surface area (TPSA) is 133 Å². The summed E-state index contributed by atoms with van der Waals surface area (Å²) in [5.74, 6) is 0.869. The van der Waals surface area contributed by atoms with Crippen LogP contribution in [0.4, 0.5) is 0 Å². The fourth-order valence-corrected chi connectivity index (χ4v) is 4.85. The molecule has 12 heteroatoms. The summed E-state index contributed by atoms with van der Waals surface area (Å²) in [7, 11) is -3.29. The van der Waals surface area contributed by atoms with Crippen molar-refractivity contribution >= 4 is 26.8 Å². The van der Waals surface area contributed by atoms with Gasteiger partial charge in [-0.1, -0.05) is 5.16 Å². The van der Waals surface area contributed by atoms with Crippen molar-refractivity contribution in [2.24, 2.45) is 0 Å². The van der Waals surface area contributed by atoms with Gasteiger partial charge in [-0.05, 0) is 38.1 Å². The highest BCUT2D eigenvalue weighted by Gasteiger charge is 2.29. The van der Waals surface area contributed by atoms with Crippen molar-refractivity contribution in [2.45, 2.75) is 37.7 Å². The SMILES string of the molecule is Cc1noc(C)c1C(=O)N1CCC(Oc2ncnc3c2cnn3-c2ccc(S(C)(=O)=O)cc2)CC1. The largest absolute Gasteiger partial charge is 0.474 e. The minimum absolute atomic E-state index is 0.0766. The molecule has 1 aliphatic heterocycles. The maximum atomic E-state index is 12.9. The number of nitrogens with zero attached hydrogens (tertiary/aromatic N) is 6. The molecule has 0 radical (unpaired) electrons. The van der Waals surface area contributed by atoms with E-state index in [-0.39, 0.29) is 16.9 Å². The highest BCUT2D eigenvalue weighted by atomic mass is 32.2. The average molecular weight is 497 g/mol. The van der Waals surface area contributed by atoms with Gasteiger partial charge in [0.25, 0.3) is 5.91 Å². The van der Waals surface area contributed by atoms with Crippen LogP contribution in [-0.4, -0.2) is 69.6 Å². The van der Waals surface area contributed by atoms with Crippen molar-refractivity contribution in [2.75, 3.05) is 19.3 Å². The van der Waals surface area contributed by atoms with Crippen molar-refractivity contribution in [3.63, 3.8) is 0 Å². The fourth-order valence-electron chi connectivity index (χ4n) is 4.22. The number of fused-ring (bicyclic) bond motifs is 1. The van der Waals surface area contributed by atoms with Crippen LogP contribution in [0.5, 0.6) is 5.88 Å². The molecule has 0 spiro atoms. The van der Waals surface area contributed by atoms with E-state index >= 15 is 0 Å². The first-order valence-electron chi connectivity index (χ1n) is 11.1. The summed E-state index contributed by atoms with van der Waals surface area (Å²) in [6, 6.07) is 6.43. The van der Waals surface area contributed by atoms with Gasteiger partial charge in [0.05, 0.1) is 22.5 Å². The van der Waals surface area contributed by atoms with E-state index in [1.54, 1.807) is 41.8 Å². The molecule has 0 unspecified atom stereocenters. The maximum absolute atomic E-state index is 12.9. The van der Waals surface area contributed by atoms with Gasteiger partial charge in [-0.2, -0.15) is 5.10 Å². The molecule has 4 heterocycles. The van der Waals surface area contributed by atoms with Gasteiger partial charge >= 0.3 is 0 Å². The molecular formula is C23H24N6O5S. The second-order valence-corrected chi connectivity index (χ2v) is 10.6. The van der Waals surface area contributed by atoms with E-state index in [0.29, 0.717) is 65.5 Å². The summed E-state index contributed by atoms with van der Waals surface area (Å²) in [5, 5.41) is 8.93. The molecule has 0 atom stereocenters. The number of rotatable bonds is 5. The number of piperidine rings is 1. The van der Waals surface area contributed by atoms with Crippen molar-refractivity contribution in [1.82, 2.24) is 29.8 Å². The summed E-state index contributed by atoms with van der Waals surface area (Å²) in [5.41, 5.74) is 2.34. The zero-order chi connectivity index (χ0) is 24.7. The van der Waals surface area contributed by atoms with Crippen LogP contribution in [0.15, 0.2) is 46.2 Å². The van der Waals surface area contributed by atoms with Crippen molar-refractivity contribution in [3.05, 3.63) is 53.8 Å². The van der Waals surface area contributed by atoms with Crippen molar-refractivity contribution < 1.29 is 22.5 Å². The second-order valence-electron chi connectivity index (χ2n) is 8.55. The van der Waals surface area contributed by atoms with Gasteiger partial charge < -0.3 is 14.2 Å². The molecule has 1 fully saturated rings. The van der Waals surface area contributed by atoms with Gasteiger partial charge in [0.15, 0.2) is 15.5 Å². The number of ether oxygens (including phenoxy) is 1. The number of benzene rings is 1. The van der Waals surface area contributed by atoms with Crippen LogP contribution in [0.2, 0.25) is 0 Å². The lowest BCUT2D eigenvalue weighted by Crippen LogP contribution is -2.42. The number of aromatic nitrogens is 5. The summed E-state index contributed by atoms with van der Waals surface area (Å²) in [6.45, 7) is 4.60. The normalized spacial score (nSPS) is 15.0. The van der Waals surface area contributed by atoms with Gasteiger partial charge in [0, 0.05) is 32.2 Å². The number of hydrogen-bond acceptors (Lipinski definition) is 9. The number of likely N-dealkylation sites (tertiary alicyclic amines) is 1. The van der Waals surface area contributed by atoms with Gasteiger partial charge in [0.1, 0.15) is 29.1 Å². The zero-order valence-electron chi connectivity index (χ0n) is 19.5. The molecule has 1 saturated heterocycles. The van der Waals surface area contributed by atoms with E-state index in [0.717, 1.165) is 0 Å². The third-order valence-corrected chi connectivity index (χ3v) is 7.22. The van der Waals surface area contributed by atoms with Crippen LogP contribution in [0.25, 0.3) is 16.7 Å². The summed E-state index contributed by atoms with van der Waals surface area (Å²) >= 11 is 0. The molecule has 0 aliphatic carbocycles. The Labute approximate surface area is 201 Å². The monoisotopic (exact) mass is 496 g/mol. The Morgan fingerprint density at radius 1 is 1.11 bits per heavy atom. The van der Waals surface area contributed by atoms with Crippen LogP contribution in [0.3, 0.4) is 0 Å². The van der Waals surface area contributed by atoms with E-state index in [4.69, 9.17) is 9.26 Å². The van der Waals surface area contributed by atoms with E-state index in [1.165, 1.54) is 24.7 Å². The Morgan fingerprint density at radius 3 is 2.46 bits per heavy atom. The molecule has 11 nitrogen and oxygen atoms in total. The van der Waals surface area contributed by atoms with Gasteiger partial charge in [-0.25, -0.2) is 23.1 Å². The molecular weight excluding hydrogens is 472 g/mol. The Morgan fingerprint density at radius 2 is 1.83 bits per heavy atom. The second kappa shape index (κ2) is 8.77. The number of carbonyl (C=O) groups is 1. The van der Waals surface area contributed by atoms with E-state index in [1.807, 2.05) is 0 Å². The molecule has 4 aromatic rings. The lowest BCUT2D eigenvalue weighted by Gasteiger charge is -2.31. The number of amides is 1. The van der Waals surface area contributed by atoms with E-state index in [2.05, 4.69) is 20.2 Å². The number of carbonyl (C=O) groups excluding carboxylic acids is 1. The van der Waals surface area contributed by atoms with Crippen LogP contribution in [0.1, 0.15) is 34.7 Å². The lowest BCUT2D eigenvalue weighted by molar-refractivity contribution is 0.0588. The third-order valence-electron chi connectivity index (χ3n) is 6.09. The smallest absolute Gasteiger partial charge is 0.259 e. The first kappa shape index (κ1) is 23.0. The maximum Gasteiger partial charge on any atom is 0.259 e. The van der Waals surface area contributed by atoms with E-state index in [9.17, 15) is 13.2 Å². The Hall–Kier alpha value is -3.80. The summed E-state index contributed by atoms with van der Waals surface area (Å²) in [4.78, 5) is 23.6. The lowest BCUT2D eigenvalue weighted by atomic mass is 10.1. The zero-order valence-corrected chi connectivity index (χ0v) is 20.3. The third kappa shape index (κ3) is 4.36. The van der Waals surface area contributed by atoms with Crippen LogP contribution in [-0.2, 0) is 9.84 Å². The molecule has 0 N–H and O–H groups in total. The van der Waals surface area contributed by atoms with Crippen molar-refractivity contribution in [1.29, 1.82) is 0 Å². The van der Waals surface area contributed by atoms with Crippen LogP contribution < -0.4 is 4.74 Å². The standard InChI is InChI=1S/C23H24N6O5S/c1-14-20(15(2)34-27-14)23(30)28-10-8-17(9-11-28)33-22-19-12-26-29(21(19)24-13-25-22)16-4-6-18(7-5-16)35(3,31)32/h4-7,12-13,17H,8-11H2,1-3H3. The highest BCUT2D eigenvalue weighted by Crippen LogP contribution is 2.27. The minimum atomic E-state index is -3.29. The molecule has 182 valence electrons. The number of sulfone groups is 1. The molecule has 3 aromatic heterocycles. The van der Waals surface area contributed by atoms with Crippen molar-refractivity contribution in [3.8, 4) is 11.6 Å². The van der Waals surface area contributed by atoms with Gasteiger partial charge in [-0.15, -0.1) is 0 Å². The van der Waals surface area contributed by atoms with E-state index < -0.39 is 9.84 Å². The molecule has 0 saturated carbocycles. The first-order valence-corrected chi connectivity index (χ1v) is 13.0. The highest BCUT2D eigenvalue weighted by molar-refractivity contribution is 7.90. The molecule has 0 bridgehead atoms. The molecule has 1 amide bonds. The van der Waals surface area contributed by atoms with Gasteiger partial charge in [0.2, 0.25) is 5.88 Å². The predicted molar refractivity (Wildman–Crippen MR) is 125 cm³/mol. The Bertz CT molecular complexity index is 1480. The number of aryl methyl sites for hydroxylation is 2. The molecule has 35 heavy (non-hydrogen) atoms. The Kier molecular flexibility index (Phi) is 5.75. The Balaban J connectivity index is 1.30. The summed E-state index contributed by atoms with van der Waals surface area (Å²) in [6.07, 6.45) is 5.41. The minimum Gasteiger partial charge on any atom is -0.474 e. The average Bonchev–Trinajstić information content (AvgIpc) is 3.42. The predicted octanol–water partition coefficient (Wildman–Crippen LogP) is 2.51. The molecule has 1 aromatic carbocycles. The number of hydrogen-bond donors (Lipinski definition) is 0. The van der Waals surface area contributed by atoms with Crippen LogP contribution >= 0.6 is 0 Å².